The molecule has 92 valence electrons. The molecule has 1 heterocycles. The van der Waals surface area contributed by atoms with E-state index in [4.69, 9.17) is 17.3 Å². The van der Waals surface area contributed by atoms with Gasteiger partial charge in [0.2, 0.25) is 10.0 Å². The molecule has 0 saturated heterocycles. The van der Waals surface area contributed by atoms with Crippen LogP contribution in [0.25, 0.3) is 0 Å². The van der Waals surface area contributed by atoms with Gasteiger partial charge in [-0.25, -0.2) is 8.42 Å². The molecular formula is C11H13ClN2O2S. The third kappa shape index (κ3) is 2.46. The molecule has 17 heavy (non-hydrogen) atoms. The van der Waals surface area contributed by atoms with Gasteiger partial charge in [0.15, 0.2) is 0 Å². The molecule has 6 heteroatoms. The lowest BCUT2D eigenvalue weighted by Crippen LogP contribution is -2.34. The second-order valence-corrected chi connectivity index (χ2v) is 6.15. The van der Waals surface area contributed by atoms with Crippen molar-refractivity contribution in [3.8, 4) is 0 Å². The Morgan fingerprint density at radius 3 is 2.65 bits per heavy atom. The molecule has 0 aliphatic carbocycles. The minimum absolute atomic E-state index is 0.122. The summed E-state index contributed by atoms with van der Waals surface area (Å²) in [6.45, 7) is 0.880. The first-order chi connectivity index (χ1) is 8.01. The van der Waals surface area contributed by atoms with Crippen molar-refractivity contribution in [3.63, 3.8) is 0 Å². The molecule has 2 rings (SSSR count). The van der Waals surface area contributed by atoms with Gasteiger partial charge in [0.05, 0.1) is 5.69 Å². The fraction of sp³-hybridized carbons (Fsp3) is 0.273. The first-order valence-corrected chi connectivity index (χ1v) is 7.04. The number of nitrogens with zero attached hydrogens (tertiary/aromatic N) is 1. The van der Waals surface area contributed by atoms with Gasteiger partial charge in [-0.2, -0.15) is 4.31 Å². The predicted molar refractivity (Wildman–Crippen MR) is 68.4 cm³/mol. The summed E-state index contributed by atoms with van der Waals surface area (Å²) >= 11 is 5.75. The van der Waals surface area contributed by atoms with Crippen molar-refractivity contribution in [1.29, 1.82) is 0 Å². The Balaban J connectivity index is 2.40. The maximum absolute atomic E-state index is 12.3. The highest BCUT2D eigenvalue weighted by Crippen LogP contribution is 2.26. The molecule has 4 nitrogen and oxygen atoms in total. The number of halogens is 1. The van der Waals surface area contributed by atoms with Gasteiger partial charge in [-0.15, -0.1) is 0 Å². The number of hydrogen-bond acceptors (Lipinski definition) is 3. The third-order valence-electron chi connectivity index (χ3n) is 2.61. The summed E-state index contributed by atoms with van der Waals surface area (Å²) in [7, 11) is -3.51. The molecule has 2 N–H and O–H groups in total. The molecule has 0 fully saturated rings. The first-order valence-electron chi connectivity index (χ1n) is 5.22. The molecule has 0 bridgehead atoms. The number of hydrogen-bond donors (Lipinski definition) is 1. The lowest BCUT2D eigenvalue weighted by atomic mass is 10.3. The average Bonchev–Trinajstić information content (AvgIpc) is 2.29. The maximum Gasteiger partial charge on any atom is 0.245 e. The zero-order valence-corrected chi connectivity index (χ0v) is 10.7. The number of nitrogens with two attached hydrogens (primary N) is 1. The van der Waals surface area contributed by atoms with Crippen LogP contribution >= 0.6 is 11.6 Å². The Labute approximate surface area is 106 Å². The van der Waals surface area contributed by atoms with Crippen LogP contribution in [0.15, 0.2) is 35.2 Å². The zero-order chi connectivity index (χ0) is 12.5. The highest BCUT2D eigenvalue weighted by atomic mass is 35.5. The Bertz CT molecular complexity index is 555. The first kappa shape index (κ1) is 12.4. The molecule has 1 aliphatic heterocycles. The van der Waals surface area contributed by atoms with E-state index in [2.05, 4.69) is 0 Å². The number of rotatable bonds is 2. The van der Waals surface area contributed by atoms with Gasteiger partial charge in [-0.05, 0) is 24.6 Å². The summed E-state index contributed by atoms with van der Waals surface area (Å²) in [4.78, 5) is 0.122. The minimum atomic E-state index is -3.51. The summed E-state index contributed by atoms with van der Waals surface area (Å²) in [5, 5.41) is 0.431. The minimum Gasteiger partial charge on any atom is -0.398 e. The van der Waals surface area contributed by atoms with E-state index in [-0.39, 0.29) is 10.6 Å². The van der Waals surface area contributed by atoms with Gasteiger partial charge in [-0.1, -0.05) is 23.8 Å². The van der Waals surface area contributed by atoms with Crippen LogP contribution in [0, 0.1) is 0 Å². The van der Waals surface area contributed by atoms with Crippen molar-refractivity contribution in [2.24, 2.45) is 0 Å². The second-order valence-electron chi connectivity index (χ2n) is 3.81. The smallest absolute Gasteiger partial charge is 0.245 e. The molecular weight excluding hydrogens is 260 g/mol. The van der Waals surface area contributed by atoms with Crippen LogP contribution in [0.5, 0.6) is 0 Å². The zero-order valence-electron chi connectivity index (χ0n) is 9.14. The number of nitrogen functional groups attached to an aromatic ring is 1. The lowest BCUT2D eigenvalue weighted by Gasteiger charge is -2.23. The topological polar surface area (TPSA) is 63.4 Å². The number of sulfonamides is 1. The highest BCUT2D eigenvalue weighted by Gasteiger charge is 2.26. The average molecular weight is 273 g/mol. The van der Waals surface area contributed by atoms with Crippen molar-refractivity contribution >= 4 is 27.3 Å². The van der Waals surface area contributed by atoms with Crippen LogP contribution in [0.1, 0.15) is 6.42 Å². The fourth-order valence-electron chi connectivity index (χ4n) is 1.73. The molecule has 1 aromatic rings. The third-order valence-corrected chi connectivity index (χ3v) is 4.78. The number of benzene rings is 1. The molecule has 1 aromatic carbocycles. The van der Waals surface area contributed by atoms with Gasteiger partial charge in [0.1, 0.15) is 4.90 Å². The molecule has 0 radical (unpaired) electrons. The number of anilines is 1. The molecule has 0 atom stereocenters. The monoisotopic (exact) mass is 272 g/mol. The lowest BCUT2D eigenvalue weighted by molar-refractivity contribution is 0.438. The van der Waals surface area contributed by atoms with Gasteiger partial charge < -0.3 is 5.73 Å². The van der Waals surface area contributed by atoms with Crippen LogP contribution in [0.4, 0.5) is 5.69 Å². The summed E-state index contributed by atoms with van der Waals surface area (Å²) < 4.78 is 26.0. The Kier molecular flexibility index (Phi) is 3.42. The van der Waals surface area contributed by atoms with E-state index in [0.717, 1.165) is 6.42 Å². The van der Waals surface area contributed by atoms with Gasteiger partial charge in [0, 0.05) is 18.1 Å². The normalized spacial score (nSPS) is 17.2. The molecule has 0 saturated carbocycles. The Hall–Kier alpha value is -1.04. The highest BCUT2D eigenvalue weighted by molar-refractivity contribution is 7.89. The van der Waals surface area contributed by atoms with E-state index >= 15 is 0 Å². The van der Waals surface area contributed by atoms with E-state index in [9.17, 15) is 8.42 Å². The van der Waals surface area contributed by atoms with Crippen molar-refractivity contribution in [2.75, 3.05) is 18.8 Å². The predicted octanol–water partition coefficient (Wildman–Crippen LogP) is 1.87. The van der Waals surface area contributed by atoms with Crippen molar-refractivity contribution in [2.45, 2.75) is 11.3 Å². The maximum atomic E-state index is 12.3. The fourth-order valence-corrected chi connectivity index (χ4v) is 3.41. The van der Waals surface area contributed by atoms with Gasteiger partial charge in [-0.3, -0.25) is 0 Å². The van der Waals surface area contributed by atoms with Gasteiger partial charge >= 0.3 is 0 Å². The largest absolute Gasteiger partial charge is 0.398 e. The quantitative estimate of drug-likeness (QED) is 0.660. The van der Waals surface area contributed by atoms with Crippen LogP contribution < -0.4 is 5.73 Å². The van der Waals surface area contributed by atoms with Crippen molar-refractivity contribution in [1.82, 2.24) is 4.31 Å². The molecule has 0 amide bonds. The summed E-state index contributed by atoms with van der Waals surface area (Å²) in [6, 6.07) is 4.43. The van der Waals surface area contributed by atoms with E-state index < -0.39 is 10.0 Å². The van der Waals surface area contributed by atoms with E-state index in [1.807, 2.05) is 12.2 Å². The van der Waals surface area contributed by atoms with Crippen LogP contribution in [0.3, 0.4) is 0 Å². The SMILES string of the molecule is Nc1cc(Cl)ccc1S(=O)(=O)N1CC=CCC1. The van der Waals surface area contributed by atoms with E-state index in [1.165, 1.54) is 22.5 Å². The Morgan fingerprint density at radius 2 is 2.06 bits per heavy atom. The van der Waals surface area contributed by atoms with Crippen LogP contribution in [-0.2, 0) is 10.0 Å². The molecule has 1 aliphatic rings. The Morgan fingerprint density at radius 1 is 1.29 bits per heavy atom. The molecule has 0 spiro atoms. The molecule has 0 unspecified atom stereocenters. The summed E-state index contributed by atoms with van der Waals surface area (Å²) in [5.74, 6) is 0. The second kappa shape index (κ2) is 4.68. The van der Waals surface area contributed by atoms with Crippen LogP contribution in [-0.4, -0.2) is 25.8 Å². The van der Waals surface area contributed by atoms with E-state index in [1.54, 1.807) is 0 Å². The van der Waals surface area contributed by atoms with E-state index in [0.29, 0.717) is 18.1 Å². The molecule has 0 aromatic heterocycles. The van der Waals surface area contributed by atoms with Crippen LogP contribution in [0.2, 0.25) is 5.02 Å². The standard InChI is InChI=1S/C11H13ClN2O2S/c12-9-4-5-11(10(13)8-9)17(15,16)14-6-2-1-3-7-14/h1-2,4-5,8H,3,6-7,13H2. The van der Waals surface area contributed by atoms with Crippen molar-refractivity contribution < 1.29 is 8.42 Å². The van der Waals surface area contributed by atoms with Crippen molar-refractivity contribution in [3.05, 3.63) is 35.4 Å². The van der Waals surface area contributed by atoms with Gasteiger partial charge in [0.25, 0.3) is 0 Å². The summed E-state index contributed by atoms with van der Waals surface area (Å²) in [6.07, 6.45) is 4.54. The summed E-state index contributed by atoms with van der Waals surface area (Å²) in [5.41, 5.74) is 5.89.